The largest absolute Gasteiger partial charge is 1.00 e. The molecule has 9 aromatic rings. The number of thiol groups is 1. The monoisotopic (exact) mass is 1240 g/mol. The number of hydrogen-bond donors (Lipinski definition) is 6. The summed E-state index contributed by atoms with van der Waals surface area (Å²) >= 11 is 16.3. The number of nitrogens with one attached hydrogen (secondary N) is 1. The van der Waals surface area contributed by atoms with Crippen LogP contribution in [0.4, 0.5) is 0 Å². The fourth-order valence-corrected chi connectivity index (χ4v) is 9.82. The number of aliphatic hydroxyl groups is 1. The summed E-state index contributed by atoms with van der Waals surface area (Å²) in [6.07, 6.45) is 1.90. The van der Waals surface area contributed by atoms with Gasteiger partial charge < -0.3 is 49.3 Å². The number of aromatic amines is 1. The van der Waals surface area contributed by atoms with Crippen LogP contribution >= 0.6 is 59.4 Å². The second-order valence-corrected chi connectivity index (χ2v) is 20.2. The van der Waals surface area contributed by atoms with Crippen molar-refractivity contribution < 1.29 is 111 Å². The van der Waals surface area contributed by atoms with Crippen molar-refractivity contribution >= 4 is 133 Å². The Morgan fingerprint density at radius 2 is 0.951 bits per heavy atom. The van der Waals surface area contributed by atoms with Gasteiger partial charge in [-0.3, -0.25) is 9.59 Å². The number of nitrogens with zero attached hydrogens (tertiary/aromatic N) is 2. The maximum atomic E-state index is 12.6. The standard InChI is InChI=1S/C20H19NO3S.C17H15NO2S.C14H15NO3S.C6H7BO2.CH2Cl2.CH4O.CH4.K.H2O/c1-14(22)25-13-12-17-16-10-6-7-11-18(16)21(19(17)20(23)24-2)15-8-4-3-5-9-15;19-17(20)16-14(10-11-21)13-8-4-5-9-15(13)18(16)12-6-2-1-3-7-12;1-9(16)19-8-7-11-10-5-3-4-6-12(10)15-13(11)14(17)18-2;8-7(9)6-4-2-1-3-5-6;2-1-3;1-2;;;/h3-11H,12-13H2,1-2H3;1-9,21H,10-11H2,(H,19,20);3-6,15H,7-8H2,1-2H3;1-5,8-9H;1H2;2H,1H3;1H4;;1H2/q;;;;;;;+1;/p-1. The van der Waals surface area contributed by atoms with E-state index in [-0.39, 0.29) is 91.8 Å². The van der Waals surface area contributed by atoms with Crippen molar-refractivity contribution in [1.82, 2.24) is 14.1 Å². The molecule has 0 atom stereocenters. The zero-order chi connectivity index (χ0) is 57.9. The molecule has 0 aliphatic carbocycles. The number of aryl methyl sites for hydroxylation is 3. The number of aliphatic hydroxyl groups excluding tert-OH is 1. The van der Waals surface area contributed by atoms with Gasteiger partial charge in [-0.15, -0.1) is 23.2 Å². The topological polar surface area (TPSA) is 240 Å². The van der Waals surface area contributed by atoms with Gasteiger partial charge in [0.2, 0.25) is 0 Å². The van der Waals surface area contributed by atoms with Crippen molar-refractivity contribution in [3.63, 3.8) is 0 Å². The number of aromatic nitrogens is 3. The summed E-state index contributed by atoms with van der Waals surface area (Å²) in [6.45, 7) is 3.10. The Kier molecular flexibility index (Phi) is 36.7. The minimum absolute atomic E-state index is 0. The third kappa shape index (κ3) is 21.2. The van der Waals surface area contributed by atoms with Crippen LogP contribution in [0.5, 0.6) is 0 Å². The van der Waals surface area contributed by atoms with E-state index >= 15 is 0 Å². The summed E-state index contributed by atoms with van der Waals surface area (Å²) in [6, 6.07) is 51.4. The molecule has 0 aliphatic rings. The molecule has 0 bridgehead atoms. The number of thioether (sulfide) groups is 2. The Hall–Kier alpha value is -5.14. The van der Waals surface area contributed by atoms with Crippen molar-refractivity contribution in [1.29, 1.82) is 0 Å². The number of carbonyl (C=O) groups excluding carboxylic acids is 4. The summed E-state index contributed by atoms with van der Waals surface area (Å²) in [4.78, 5) is 61.5. The molecule has 6 N–H and O–H groups in total. The molecule has 0 unspecified atom stereocenters. The Balaban J connectivity index is 0.000000545. The number of methoxy groups -OCH3 is 2. The van der Waals surface area contributed by atoms with Gasteiger partial charge in [-0.25, -0.2) is 14.4 Å². The number of ether oxygens (including phenoxy) is 2. The van der Waals surface area contributed by atoms with Crippen molar-refractivity contribution in [2.24, 2.45) is 0 Å². The molecule has 0 fully saturated rings. The molecule has 3 heterocycles. The third-order valence-corrected chi connectivity index (χ3v) is 13.4. The smallest absolute Gasteiger partial charge is 0.870 e. The average Bonchev–Trinajstić information content (AvgIpc) is 4.25. The van der Waals surface area contributed by atoms with Crippen LogP contribution in [0.3, 0.4) is 0 Å². The first-order valence-electron chi connectivity index (χ1n) is 24.4. The van der Waals surface area contributed by atoms with E-state index in [2.05, 4.69) is 17.6 Å². The van der Waals surface area contributed by atoms with E-state index < -0.39 is 13.1 Å². The predicted molar refractivity (Wildman–Crippen MR) is 335 cm³/mol. The molecule has 82 heavy (non-hydrogen) atoms. The summed E-state index contributed by atoms with van der Waals surface area (Å²) in [5.41, 5.74) is 9.08. The molecular weight excluding hydrogens is 1170 g/mol. The van der Waals surface area contributed by atoms with Gasteiger partial charge in [0.15, 0.2) is 10.2 Å². The van der Waals surface area contributed by atoms with Gasteiger partial charge in [-0.1, -0.05) is 152 Å². The van der Waals surface area contributed by atoms with Crippen LogP contribution in [-0.4, -0.2) is 119 Å². The first-order valence-corrected chi connectivity index (χ1v) is 28.1. The Morgan fingerprint density at radius 1 is 0.573 bits per heavy atom. The number of carboxylic acids is 1. The van der Waals surface area contributed by atoms with Gasteiger partial charge in [0, 0.05) is 65.5 Å². The fourth-order valence-electron chi connectivity index (χ4n) is 8.41. The third-order valence-electron chi connectivity index (χ3n) is 11.5. The SMILES string of the molecule is C.CO.COC(=O)c1[nH]c2ccccc2c1CCSC(C)=O.COC(=O)c1c(CCSC(C)=O)c2ccccc2n1-c1ccccc1.ClCCl.O=C(O)c1c(CCS)c2ccccc2n1-c1ccccc1.OB(O)c1ccccc1.[K+].[OH-]. The van der Waals surface area contributed by atoms with Crippen molar-refractivity contribution in [3.8, 4) is 11.4 Å². The number of H-pyrrole nitrogens is 1. The first kappa shape index (κ1) is 74.9. The van der Waals surface area contributed by atoms with Gasteiger partial charge in [0.25, 0.3) is 0 Å². The van der Waals surface area contributed by atoms with E-state index in [0.29, 0.717) is 59.1 Å². The maximum absolute atomic E-state index is 12.6. The van der Waals surface area contributed by atoms with Crippen LogP contribution in [0.15, 0.2) is 164 Å². The van der Waals surface area contributed by atoms with E-state index in [9.17, 15) is 29.1 Å². The maximum Gasteiger partial charge on any atom is 1.00 e. The van der Waals surface area contributed by atoms with E-state index in [1.807, 2.05) is 149 Å². The number of esters is 2. The Morgan fingerprint density at radius 3 is 1.35 bits per heavy atom. The van der Waals surface area contributed by atoms with Gasteiger partial charge in [0.05, 0.1) is 30.6 Å². The molecule has 430 valence electrons. The Labute approximate surface area is 545 Å². The molecule has 6 aromatic carbocycles. The molecule has 0 spiro atoms. The number of para-hydroxylation sites is 5. The van der Waals surface area contributed by atoms with Crippen LogP contribution in [0.2, 0.25) is 0 Å². The predicted octanol–water partition coefficient (Wildman–Crippen LogP) is 8.68. The molecule has 3 aromatic heterocycles. The molecule has 0 aliphatic heterocycles. The molecule has 15 nitrogen and oxygen atoms in total. The van der Waals surface area contributed by atoms with E-state index in [4.69, 9.17) is 47.8 Å². The molecule has 0 saturated heterocycles. The van der Waals surface area contributed by atoms with Gasteiger partial charge in [0.1, 0.15) is 17.1 Å². The number of halogens is 2. The first-order chi connectivity index (χ1) is 38.2. The van der Waals surface area contributed by atoms with Crippen molar-refractivity contribution in [3.05, 3.63) is 198 Å². The summed E-state index contributed by atoms with van der Waals surface area (Å²) in [5, 5.41) is 37.2. The van der Waals surface area contributed by atoms with E-state index in [1.165, 1.54) is 37.7 Å². The number of alkyl halides is 2. The fraction of sp³-hybridized carbons (Fsp3) is 0.217. The molecule has 0 saturated carbocycles. The molecule has 0 radical (unpaired) electrons. The van der Waals surface area contributed by atoms with Crippen LogP contribution in [0, 0.1) is 0 Å². The zero-order valence-electron chi connectivity index (χ0n) is 45.6. The zero-order valence-corrected chi connectivity index (χ0v) is 52.8. The molecule has 0 amide bonds. The van der Waals surface area contributed by atoms with Crippen LogP contribution < -0.4 is 56.8 Å². The van der Waals surface area contributed by atoms with Gasteiger partial charge in [-0.2, -0.15) is 12.6 Å². The quantitative estimate of drug-likeness (QED) is 0.0259. The number of aromatic carboxylic acids is 1. The number of benzene rings is 6. The molecule has 9 rings (SSSR count). The van der Waals surface area contributed by atoms with Gasteiger partial charge >= 0.3 is 76.4 Å². The summed E-state index contributed by atoms with van der Waals surface area (Å²) in [5.74, 6) is 0.237. The number of fused-ring (bicyclic) bond motifs is 3. The summed E-state index contributed by atoms with van der Waals surface area (Å²) < 4.78 is 13.6. The Bertz CT molecular complexity index is 3390. The normalized spacial score (nSPS) is 9.84. The van der Waals surface area contributed by atoms with Crippen molar-refractivity contribution in [2.75, 3.05) is 43.9 Å². The number of rotatable bonds is 14. The second-order valence-electron chi connectivity index (χ2n) is 16.4. The minimum Gasteiger partial charge on any atom is -0.870 e. The van der Waals surface area contributed by atoms with Crippen molar-refractivity contribution in [2.45, 2.75) is 40.5 Å². The van der Waals surface area contributed by atoms with Crippen LogP contribution in [0.1, 0.15) is 69.4 Å². The molecule has 22 heteroatoms. The van der Waals surface area contributed by atoms with E-state index in [1.54, 1.807) is 38.1 Å². The van der Waals surface area contributed by atoms with Crippen LogP contribution in [0.25, 0.3) is 44.1 Å². The van der Waals surface area contributed by atoms with Gasteiger partial charge in [-0.05, 0) is 89.6 Å². The number of carboxylic acid groups (broad SMARTS) is 1. The van der Waals surface area contributed by atoms with Crippen LogP contribution in [-0.2, 0) is 38.3 Å². The second kappa shape index (κ2) is 40.2. The number of hydrogen-bond acceptors (Lipinski definition) is 14. The minimum atomic E-state index is -1.34. The summed E-state index contributed by atoms with van der Waals surface area (Å²) in [7, 11) is 2.41. The van der Waals surface area contributed by atoms with E-state index in [0.717, 1.165) is 67.9 Å². The number of carbonyl (C=O) groups is 5. The molecular formula is C60H67BCl2KN3O12S3. The average molecular weight is 1240 g/mol.